The van der Waals surface area contributed by atoms with Gasteiger partial charge in [0.15, 0.2) is 0 Å². The van der Waals surface area contributed by atoms with Crippen molar-refractivity contribution >= 4 is 5.91 Å². The summed E-state index contributed by atoms with van der Waals surface area (Å²) in [7, 11) is 0. The number of ether oxygens (including phenoxy) is 1. The van der Waals surface area contributed by atoms with Gasteiger partial charge >= 0.3 is 0 Å². The van der Waals surface area contributed by atoms with Gasteiger partial charge in [0.25, 0.3) is 5.91 Å². The molecule has 26 heavy (non-hydrogen) atoms. The van der Waals surface area contributed by atoms with Crippen LogP contribution >= 0.6 is 0 Å². The van der Waals surface area contributed by atoms with Crippen molar-refractivity contribution in [2.45, 2.75) is 50.7 Å². The van der Waals surface area contributed by atoms with Crippen molar-refractivity contribution in [3.63, 3.8) is 0 Å². The van der Waals surface area contributed by atoms with Crippen LogP contribution in [0.5, 0.6) is 0 Å². The van der Waals surface area contributed by atoms with Crippen LogP contribution in [0.1, 0.15) is 48.0 Å². The first-order valence-electron chi connectivity index (χ1n) is 10.2. The van der Waals surface area contributed by atoms with E-state index < -0.39 is 0 Å². The van der Waals surface area contributed by atoms with Crippen molar-refractivity contribution in [3.05, 3.63) is 35.4 Å². The topological polar surface area (TPSA) is 44.8 Å². The first kappa shape index (κ1) is 18.0. The number of hydrogen-bond acceptors (Lipinski definition) is 4. The number of amides is 1. The van der Waals surface area contributed by atoms with Gasteiger partial charge in [-0.05, 0) is 69.6 Å². The molecule has 5 heteroatoms. The summed E-state index contributed by atoms with van der Waals surface area (Å²) in [6.45, 7) is 7.01. The van der Waals surface area contributed by atoms with E-state index in [0.717, 1.165) is 31.8 Å². The number of nitrogens with one attached hydrogen (secondary N) is 1. The van der Waals surface area contributed by atoms with E-state index in [1.807, 2.05) is 12.1 Å². The second-order valence-corrected chi connectivity index (χ2v) is 7.96. The van der Waals surface area contributed by atoms with Crippen LogP contribution in [0.15, 0.2) is 24.3 Å². The lowest BCUT2D eigenvalue weighted by Gasteiger charge is -2.28. The molecule has 1 amide bonds. The number of carbonyl (C=O) groups is 1. The number of likely N-dealkylation sites (tertiary alicyclic amines) is 2. The molecule has 0 aliphatic carbocycles. The zero-order valence-electron chi connectivity index (χ0n) is 15.7. The molecule has 2 atom stereocenters. The molecule has 0 bridgehead atoms. The number of carbonyl (C=O) groups excluding carboxylic acids is 1. The van der Waals surface area contributed by atoms with Crippen molar-refractivity contribution < 1.29 is 9.53 Å². The van der Waals surface area contributed by atoms with Gasteiger partial charge in [-0.2, -0.15) is 0 Å². The number of rotatable bonds is 5. The molecular weight excluding hydrogens is 326 g/mol. The Morgan fingerprint density at radius 2 is 1.65 bits per heavy atom. The lowest BCUT2D eigenvalue weighted by molar-refractivity contribution is 0.0916. The van der Waals surface area contributed by atoms with Gasteiger partial charge in [0, 0.05) is 12.1 Å². The SMILES string of the molecule is O=C(N[C@@H]1COC[C@H]1N1CCCC1)c1ccc(CN2CCCCC2)cc1. The van der Waals surface area contributed by atoms with Crippen molar-refractivity contribution in [2.24, 2.45) is 0 Å². The van der Waals surface area contributed by atoms with Gasteiger partial charge in [-0.15, -0.1) is 0 Å². The molecule has 0 spiro atoms. The van der Waals surface area contributed by atoms with E-state index in [1.54, 1.807) is 0 Å². The Morgan fingerprint density at radius 1 is 0.962 bits per heavy atom. The third kappa shape index (κ3) is 4.27. The summed E-state index contributed by atoms with van der Waals surface area (Å²) in [4.78, 5) is 17.6. The van der Waals surface area contributed by atoms with Crippen LogP contribution in [0.25, 0.3) is 0 Å². The van der Waals surface area contributed by atoms with E-state index in [9.17, 15) is 4.79 Å². The zero-order valence-corrected chi connectivity index (χ0v) is 15.7. The number of benzene rings is 1. The minimum absolute atomic E-state index is 0.0224. The van der Waals surface area contributed by atoms with Crippen LogP contribution in [-0.4, -0.2) is 67.2 Å². The highest BCUT2D eigenvalue weighted by Gasteiger charge is 2.35. The molecule has 1 aromatic carbocycles. The van der Waals surface area contributed by atoms with Gasteiger partial charge < -0.3 is 10.1 Å². The first-order valence-corrected chi connectivity index (χ1v) is 10.2. The van der Waals surface area contributed by atoms with E-state index in [4.69, 9.17) is 4.74 Å². The Balaban J connectivity index is 1.32. The monoisotopic (exact) mass is 357 g/mol. The Hall–Kier alpha value is -1.43. The average Bonchev–Trinajstić information content (AvgIpc) is 3.34. The van der Waals surface area contributed by atoms with Crippen LogP contribution in [-0.2, 0) is 11.3 Å². The van der Waals surface area contributed by atoms with Crippen molar-refractivity contribution in [3.8, 4) is 0 Å². The molecule has 3 aliphatic heterocycles. The Labute approximate surface area is 156 Å². The predicted molar refractivity (Wildman–Crippen MR) is 102 cm³/mol. The van der Waals surface area contributed by atoms with E-state index in [1.165, 1.54) is 50.8 Å². The Bertz CT molecular complexity index is 592. The highest BCUT2D eigenvalue weighted by Crippen LogP contribution is 2.20. The van der Waals surface area contributed by atoms with Crippen LogP contribution in [0.4, 0.5) is 0 Å². The lowest BCUT2D eigenvalue weighted by Crippen LogP contribution is -2.50. The molecule has 3 fully saturated rings. The van der Waals surface area contributed by atoms with Crippen LogP contribution in [0.3, 0.4) is 0 Å². The fourth-order valence-electron chi connectivity index (χ4n) is 4.50. The maximum Gasteiger partial charge on any atom is 0.251 e. The standard InChI is InChI=1S/C21H31N3O2/c25-21(22-19-15-26-16-20(19)24-12-4-5-13-24)18-8-6-17(7-9-18)14-23-10-2-1-3-11-23/h6-9,19-20H,1-5,10-16H2,(H,22,25)/t19-,20-/m1/s1. The van der Waals surface area contributed by atoms with E-state index in [-0.39, 0.29) is 11.9 Å². The molecule has 0 aromatic heterocycles. The number of nitrogens with zero attached hydrogens (tertiary/aromatic N) is 2. The molecule has 1 N–H and O–H groups in total. The fourth-order valence-corrected chi connectivity index (χ4v) is 4.50. The second-order valence-electron chi connectivity index (χ2n) is 7.96. The van der Waals surface area contributed by atoms with Gasteiger partial charge in [-0.1, -0.05) is 18.6 Å². The largest absolute Gasteiger partial charge is 0.378 e. The summed E-state index contributed by atoms with van der Waals surface area (Å²) in [5.41, 5.74) is 2.04. The first-order chi connectivity index (χ1) is 12.8. The van der Waals surface area contributed by atoms with Crippen LogP contribution < -0.4 is 5.32 Å². The summed E-state index contributed by atoms with van der Waals surface area (Å²) < 4.78 is 5.66. The fraction of sp³-hybridized carbons (Fsp3) is 0.667. The third-order valence-corrected chi connectivity index (χ3v) is 6.05. The third-order valence-electron chi connectivity index (χ3n) is 6.05. The molecule has 142 valence electrons. The Morgan fingerprint density at radius 3 is 2.38 bits per heavy atom. The zero-order chi connectivity index (χ0) is 17.8. The van der Waals surface area contributed by atoms with Gasteiger partial charge in [0.05, 0.1) is 25.3 Å². The van der Waals surface area contributed by atoms with Crippen LogP contribution in [0, 0.1) is 0 Å². The highest BCUT2D eigenvalue weighted by molar-refractivity contribution is 5.94. The van der Waals surface area contributed by atoms with Gasteiger partial charge in [0.1, 0.15) is 0 Å². The summed E-state index contributed by atoms with van der Waals surface area (Å²) in [6, 6.07) is 8.58. The maximum atomic E-state index is 12.7. The molecule has 0 saturated carbocycles. The normalized spacial score (nSPS) is 27.7. The molecular formula is C21H31N3O2. The molecule has 1 aromatic rings. The number of hydrogen-bond donors (Lipinski definition) is 1. The van der Waals surface area contributed by atoms with Gasteiger partial charge in [-0.25, -0.2) is 0 Å². The summed E-state index contributed by atoms with van der Waals surface area (Å²) in [5.74, 6) is 0.0224. The van der Waals surface area contributed by atoms with Crippen LogP contribution in [0.2, 0.25) is 0 Å². The molecule has 0 radical (unpaired) electrons. The van der Waals surface area contributed by atoms with Gasteiger partial charge in [-0.3, -0.25) is 14.6 Å². The summed E-state index contributed by atoms with van der Waals surface area (Å²) in [5, 5.41) is 3.21. The molecule has 0 unspecified atom stereocenters. The molecule has 4 rings (SSSR count). The quantitative estimate of drug-likeness (QED) is 0.878. The minimum atomic E-state index is 0.0224. The average molecular weight is 357 g/mol. The van der Waals surface area contributed by atoms with Gasteiger partial charge in [0.2, 0.25) is 0 Å². The van der Waals surface area contributed by atoms with E-state index in [0.29, 0.717) is 12.6 Å². The van der Waals surface area contributed by atoms with Crippen molar-refractivity contribution in [1.82, 2.24) is 15.1 Å². The van der Waals surface area contributed by atoms with Crippen molar-refractivity contribution in [1.29, 1.82) is 0 Å². The maximum absolute atomic E-state index is 12.7. The Kier molecular flexibility index (Phi) is 5.88. The lowest BCUT2D eigenvalue weighted by atomic mass is 10.1. The predicted octanol–water partition coefficient (Wildman–Crippen LogP) is 2.27. The smallest absolute Gasteiger partial charge is 0.251 e. The molecule has 3 heterocycles. The van der Waals surface area contributed by atoms with E-state index >= 15 is 0 Å². The summed E-state index contributed by atoms with van der Waals surface area (Å²) in [6.07, 6.45) is 6.49. The molecule has 3 aliphatic rings. The van der Waals surface area contributed by atoms with E-state index in [2.05, 4.69) is 27.2 Å². The van der Waals surface area contributed by atoms with Crippen molar-refractivity contribution in [2.75, 3.05) is 39.4 Å². The minimum Gasteiger partial charge on any atom is -0.378 e. The second kappa shape index (κ2) is 8.51. The molecule has 3 saturated heterocycles. The molecule has 5 nitrogen and oxygen atoms in total. The number of piperidine rings is 1. The summed E-state index contributed by atoms with van der Waals surface area (Å²) >= 11 is 0. The highest BCUT2D eigenvalue weighted by atomic mass is 16.5.